The van der Waals surface area contributed by atoms with E-state index in [1.165, 1.54) is 5.56 Å². The number of likely N-dealkylation sites (N-methyl/N-ethyl adjacent to an activating group) is 1. The Balaban J connectivity index is 2.36. The SMILES string of the molecule is CNC(Cc1ccccc1)c1ccc(OC)c(Br)c1OC. The highest BCUT2D eigenvalue weighted by molar-refractivity contribution is 9.10. The smallest absolute Gasteiger partial charge is 0.141 e. The van der Waals surface area contributed by atoms with Crippen molar-refractivity contribution in [1.29, 1.82) is 0 Å². The van der Waals surface area contributed by atoms with E-state index >= 15 is 0 Å². The first-order valence-corrected chi connectivity index (χ1v) is 7.62. The lowest BCUT2D eigenvalue weighted by Gasteiger charge is -2.21. The molecule has 0 saturated carbocycles. The Morgan fingerprint density at radius 3 is 2.33 bits per heavy atom. The zero-order valence-electron chi connectivity index (χ0n) is 12.5. The quantitative estimate of drug-likeness (QED) is 0.855. The van der Waals surface area contributed by atoms with Crippen molar-refractivity contribution in [1.82, 2.24) is 5.32 Å². The standard InChI is InChI=1S/C17H20BrNO2/c1-19-14(11-12-7-5-4-6-8-12)13-9-10-15(20-2)16(18)17(13)21-3/h4-10,14,19H,11H2,1-3H3. The summed E-state index contributed by atoms with van der Waals surface area (Å²) < 4.78 is 11.7. The third-order valence-corrected chi connectivity index (χ3v) is 4.27. The fraction of sp³-hybridized carbons (Fsp3) is 0.294. The molecule has 0 aliphatic carbocycles. The fourth-order valence-corrected chi connectivity index (χ4v) is 3.09. The van der Waals surface area contributed by atoms with Gasteiger partial charge >= 0.3 is 0 Å². The van der Waals surface area contributed by atoms with Crippen LogP contribution in [0.5, 0.6) is 11.5 Å². The van der Waals surface area contributed by atoms with E-state index in [2.05, 4.69) is 45.5 Å². The average molecular weight is 350 g/mol. The monoisotopic (exact) mass is 349 g/mol. The molecular weight excluding hydrogens is 330 g/mol. The van der Waals surface area contributed by atoms with Gasteiger partial charge in [-0.15, -0.1) is 0 Å². The summed E-state index contributed by atoms with van der Waals surface area (Å²) in [7, 11) is 5.29. The second-order valence-corrected chi connectivity index (χ2v) is 5.53. The van der Waals surface area contributed by atoms with E-state index in [1.54, 1.807) is 14.2 Å². The maximum atomic E-state index is 5.57. The molecule has 0 fully saturated rings. The van der Waals surface area contributed by atoms with E-state index in [0.29, 0.717) is 0 Å². The zero-order chi connectivity index (χ0) is 15.2. The van der Waals surface area contributed by atoms with Gasteiger partial charge in [-0.2, -0.15) is 0 Å². The first-order valence-electron chi connectivity index (χ1n) is 6.82. The van der Waals surface area contributed by atoms with Crippen LogP contribution in [0.3, 0.4) is 0 Å². The van der Waals surface area contributed by atoms with Crippen molar-refractivity contribution < 1.29 is 9.47 Å². The Morgan fingerprint density at radius 1 is 1.05 bits per heavy atom. The van der Waals surface area contributed by atoms with Crippen molar-refractivity contribution in [3.63, 3.8) is 0 Å². The molecule has 0 saturated heterocycles. The van der Waals surface area contributed by atoms with E-state index in [-0.39, 0.29) is 6.04 Å². The highest BCUT2D eigenvalue weighted by Gasteiger charge is 2.19. The van der Waals surface area contributed by atoms with E-state index in [4.69, 9.17) is 9.47 Å². The number of rotatable bonds is 6. The Kier molecular flexibility index (Phi) is 5.65. The van der Waals surface area contributed by atoms with Gasteiger partial charge in [-0.25, -0.2) is 0 Å². The third kappa shape index (κ3) is 3.57. The second kappa shape index (κ2) is 7.48. The molecule has 0 aliphatic rings. The van der Waals surface area contributed by atoms with Gasteiger partial charge in [0.2, 0.25) is 0 Å². The number of ether oxygens (including phenoxy) is 2. The molecule has 0 spiro atoms. The molecule has 3 nitrogen and oxygen atoms in total. The summed E-state index contributed by atoms with van der Waals surface area (Å²) in [4.78, 5) is 0. The summed E-state index contributed by atoms with van der Waals surface area (Å²) in [6, 6.07) is 14.6. The number of hydrogen-bond acceptors (Lipinski definition) is 3. The van der Waals surface area contributed by atoms with Crippen molar-refractivity contribution in [3.05, 3.63) is 58.1 Å². The predicted molar refractivity (Wildman–Crippen MR) is 89.2 cm³/mol. The van der Waals surface area contributed by atoms with Gasteiger partial charge in [-0.05, 0) is 47.1 Å². The van der Waals surface area contributed by atoms with Crippen molar-refractivity contribution in [2.75, 3.05) is 21.3 Å². The lowest BCUT2D eigenvalue weighted by Crippen LogP contribution is -2.19. The lowest BCUT2D eigenvalue weighted by atomic mass is 9.98. The third-order valence-electron chi connectivity index (χ3n) is 3.52. The molecule has 4 heteroatoms. The summed E-state index contributed by atoms with van der Waals surface area (Å²) in [5, 5.41) is 3.36. The molecule has 0 bridgehead atoms. The minimum atomic E-state index is 0.171. The van der Waals surface area contributed by atoms with E-state index in [0.717, 1.165) is 28.0 Å². The number of benzene rings is 2. The highest BCUT2D eigenvalue weighted by Crippen LogP contribution is 2.40. The highest BCUT2D eigenvalue weighted by atomic mass is 79.9. The maximum absolute atomic E-state index is 5.57. The summed E-state index contributed by atoms with van der Waals surface area (Å²) in [6.07, 6.45) is 0.895. The van der Waals surface area contributed by atoms with Crippen LogP contribution in [0, 0.1) is 0 Å². The van der Waals surface area contributed by atoms with Crippen LogP contribution < -0.4 is 14.8 Å². The maximum Gasteiger partial charge on any atom is 0.141 e. The molecule has 0 radical (unpaired) electrons. The summed E-state index contributed by atoms with van der Waals surface area (Å²) in [6.45, 7) is 0. The Bertz CT molecular complexity index is 587. The van der Waals surface area contributed by atoms with Gasteiger partial charge in [0.15, 0.2) is 0 Å². The fourth-order valence-electron chi connectivity index (χ4n) is 2.41. The molecule has 2 aromatic rings. The van der Waals surface area contributed by atoms with E-state index in [1.807, 2.05) is 25.2 Å². The molecule has 0 aliphatic heterocycles. The molecule has 2 rings (SSSR count). The second-order valence-electron chi connectivity index (χ2n) is 4.74. The van der Waals surface area contributed by atoms with Crippen LogP contribution in [0.4, 0.5) is 0 Å². The topological polar surface area (TPSA) is 30.5 Å². The molecule has 112 valence electrons. The Labute approximate surface area is 134 Å². The van der Waals surface area contributed by atoms with Crippen LogP contribution in [-0.2, 0) is 6.42 Å². The first kappa shape index (κ1) is 15.9. The van der Waals surface area contributed by atoms with Crippen LogP contribution in [0.15, 0.2) is 46.9 Å². The molecule has 1 atom stereocenters. The molecule has 0 aromatic heterocycles. The van der Waals surface area contributed by atoms with Crippen LogP contribution >= 0.6 is 15.9 Å². The molecule has 0 heterocycles. The summed E-state index contributed by atoms with van der Waals surface area (Å²) in [5.41, 5.74) is 2.39. The average Bonchev–Trinajstić information content (AvgIpc) is 2.53. The van der Waals surface area contributed by atoms with Crippen LogP contribution in [0.1, 0.15) is 17.2 Å². The number of nitrogens with one attached hydrogen (secondary N) is 1. The van der Waals surface area contributed by atoms with Gasteiger partial charge in [-0.3, -0.25) is 0 Å². The largest absolute Gasteiger partial charge is 0.495 e. The van der Waals surface area contributed by atoms with Crippen molar-refractivity contribution in [2.24, 2.45) is 0 Å². The first-order chi connectivity index (χ1) is 10.2. The van der Waals surface area contributed by atoms with E-state index < -0.39 is 0 Å². The molecular formula is C17H20BrNO2. The van der Waals surface area contributed by atoms with Crippen molar-refractivity contribution in [2.45, 2.75) is 12.5 Å². The van der Waals surface area contributed by atoms with E-state index in [9.17, 15) is 0 Å². The molecule has 0 amide bonds. The lowest BCUT2D eigenvalue weighted by molar-refractivity contribution is 0.381. The van der Waals surface area contributed by atoms with Crippen molar-refractivity contribution in [3.8, 4) is 11.5 Å². The number of halogens is 1. The summed E-state index contributed by atoms with van der Waals surface area (Å²) >= 11 is 3.56. The number of hydrogen-bond donors (Lipinski definition) is 1. The molecule has 21 heavy (non-hydrogen) atoms. The minimum absolute atomic E-state index is 0.171. The van der Waals surface area contributed by atoms with Crippen LogP contribution in [0.25, 0.3) is 0 Å². The van der Waals surface area contributed by atoms with Gasteiger partial charge in [0, 0.05) is 11.6 Å². The van der Waals surface area contributed by atoms with Gasteiger partial charge in [-0.1, -0.05) is 30.3 Å². The van der Waals surface area contributed by atoms with Gasteiger partial charge in [0.25, 0.3) is 0 Å². The minimum Gasteiger partial charge on any atom is -0.495 e. The molecule has 2 aromatic carbocycles. The van der Waals surface area contributed by atoms with Gasteiger partial charge in [0.05, 0.1) is 14.2 Å². The van der Waals surface area contributed by atoms with Crippen LogP contribution in [0.2, 0.25) is 0 Å². The molecule has 1 N–H and O–H groups in total. The van der Waals surface area contributed by atoms with Crippen molar-refractivity contribution >= 4 is 15.9 Å². The predicted octanol–water partition coefficient (Wildman–Crippen LogP) is 3.97. The number of methoxy groups -OCH3 is 2. The Hall–Kier alpha value is -1.52. The molecule has 1 unspecified atom stereocenters. The van der Waals surface area contributed by atoms with Gasteiger partial charge < -0.3 is 14.8 Å². The Morgan fingerprint density at radius 2 is 1.76 bits per heavy atom. The van der Waals surface area contributed by atoms with Crippen LogP contribution in [-0.4, -0.2) is 21.3 Å². The zero-order valence-corrected chi connectivity index (χ0v) is 14.1. The summed E-state index contributed by atoms with van der Waals surface area (Å²) in [5.74, 6) is 1.58. The normalized spacial score (nSPS) is 12.0. The van der Waals surface area contributed by atoms with Gasteiger partial charge in [0.1, 0.15) is 16.0 Å².